The minimum Gasteiger partial charge on any atom is -0.388 e. The molecule has 0 saturated carbocycles. The molecule has 2 heteroatoms. The van der Waals surface area contributed by atoms with Crippen molar-refractivity contribution in [3.05, 3.63) is 0 Å². The van der Waals surface area contributed by atoms with Crippen LogP contribution in [-0.4, -0.2) is 23.4 Å². The van der Waals surface area contributed by atoms with Crippen LogP contribution >= 0.6 is 0 Å². The fourth-order valence-electron chi connectivity index (χ4n) is 1.30. The van der Waals surface area contributed by atoms with Gasteiger partial charge in [0.15, 0.2) is 0 Å². The van der Waals surface area contributed by atoms with E-state index in [9.17, 15) is 5.11 Å². The maximum Gasteiger partial charge on any atom is 0.0856 e. The minimum atomic E-state index is -0.652. The normalized spacial score (nSPS) is 28.5. The van der Waals surface area contributed by atoms with Crippen LogP contribution in [0.3, 0.4) is 0 Å². The van der Waals surface area contributed by atoms with Crippen LogP contribution in [0.4, 0.5) is 0 Å². The van der Waals surface area contributed by atoms with Gasteiger partial charge in [0.05, 0.1) is 11.7 Å². The zero-order valence-corrected chi connectivity index (χ0v) is 6.76. The molecule has 10 heavy (non-hydrogen) atoms. The molecule has 0 aromatic carbocycles. The third-order valence-corrected chi connectivity index (χ3v) is 1.97. The first kappa shape index (κ1) is 8.02. The van der Waals surface area contributed by atoms with Crippen LogP contribution in [0.15, 0.2) is 0 Å². The van der Waals surface area contributed by atoms with Gasteiger partial charge >= 0.3 is 0 Å². The third kappa shape index (κ3) is 1.96. The van der Waals surface area contributed by atoms with Gasteiger partial charge in [-0.3, -0.25) is 0 Å². The van der Waals surface area contributed by atoms with E-state index >= 15 is 0 Å². The van der Waals surface area contributed by atoms with Gasteiger partial charge in [0.25, 0.3) is 0 Å². The Bertz CT molecular complexity index is 98.3. The highest BCUT2D eigenvalue weighted by molar-refractivity contribution is 4.79. The van der Waals surface area contributed by atoms with Crippen LogP contribution in [0.1, 0.15) is 33.1 Å². The molecular formula is C8H16O2. The van der Waals surface area contributed by atoms with E-state index in [4.69, 9.17) is 4.74 Å². The topological polar surface area (TPSA) is 29.5 Å². The van der Waals surface area contributed by atoms with Crippen molar-refractivity contribution >= 4 is 0 Å². The first-order valence-electron chi connectivity index (χ1n) is 3.94. The fraction of sp³-hybridized carbons (Fsp3) is 1.00. The third-order valence-electron chi connectivity index (χ3n) is 1.97. The standard InChI is InChI=1S/C8H16O2/c1-8(2,9)7-5-3-4-6-10-7/h7,9H,3-6H2,1-2H3. The molecule has 0 bridgehead atoms. The van der Waals surface area contributed by atoms with Crippen LogP contribution in [0.2, 0.25) is 0 Å². The second kappa shape index (κ2) is 2.89. The Labute approximate surface area is 62.2 Å². The molecule has 1 atom stereocenters. The Hall–Kier alpha value is -0.0800. The Kier molecular flexibility index (Phi) is 2.32. The van der Waals surface area contributed by atoms with Crippen molar-refractivity contribution < 1.29 is 9.84 Å². The lowest BCUT2D eigenvalue weighted by Gasteiger charge is -2.32. The highest BCUT2D eigenvalue weighted by Gasteiger charge is 2.28. The van der Waals surface area contributed by atoms with Crippen molar-refractivity contribution in [3.8, 4) is 0 Å². The Balaban J connectivity index is 2.39. The summed E-state index contributed by atoms with van der Waals surface area (Å²) in [7, 11) is 0. The lowest BCUT2D eigenvalue weighted by Crippen LogP contribution is -2.40. The van der Waals surface area contributed by atoms with Crippen LogP contribution in [0, 0.1) is 0 Å². The summed E-state index contributed by atoms with van der Waals surface area (Å²) in [6.07, 6.45) is 3.39. The van der Waals surface area contributed by atoms with Gasteiger partial charge in [-0.05, 0) is 33.1 Å². The van der Waals surface area contributed by atoms with Crippen molar-refractivity contribution in [1.29, 1.82) is 0 Å². The molecule has 0 spiro atoms. The molecule has 0 aromatic heterocycles. The van der Waals surface area contributed by atoms with Gasteiger partial charge in [-0.25, -0.2) is 0 Å². The summed E-state index contributed by atoms with van der Waals surface area (Å²) < 4.78 is 5.39. The molecule has 0 aromatic rings. The summed E-state index contributed by atoms with van der Waals surface area (Å²) >= 11 is 0. The van der Waals surface area contributed by atoms with E-state index < -0.39 is 5.60 Å². The minimum absolute atomic E-state index is 0.0567. The predicted molar refractivity (Wildman–Crippen MR) is 39.9 cm³/mol. The molecule has 1 unspecified atom stereocenters. The zero-order valence-electron chi connectivity index (χ0n) is 6.76. The molecule has 1 N–H and O–H groups in total. The molecule has 1 aliphatic rings. The van der Waals surface area contributed by atoms with E-state index in [-0.39, 0.29) is 6.10 Å². The maximum absolute atomic E-state index is 9.52. The predicted octanol–water partition coefficient (Wildman–Crippen LogP) is 1.33. The molecule has 60 valence electrons. The number of ether oxygens (including phenoxy) is 1. The first-order chi connectivity index (χ1) is 4.61. The summed E-state index contributed by atoms with van der Waals surface area (Å²) in [6, 6.07) is 0. The molecule has 1 fully saturated rings. The average molecular weight is 144 g/mol. The smallest absolute Gasteiger partial charge is 0.0856 e. The van der Waals surface area contributed by atoms with Crippen LogP contribution in [-0.2, 0) is 4.74 Å². The zero-order chi connectivity index (χ0) is 7.61. The quantitative estimate of drug-likeness (QED) is 0.601. The Morgan fingerprint density at radius 2 is 2.10 bits per heavy atom. The number of aliphatic hydroxyl groups is 1. The Morgan fingerprint density at radius 1 is 1.40 bits per heavy atom. The second-order valence-electron chi connectivity index (χ2n) is 3.51. The van der Waals surface area contributed by atoms with E-state index in [0.29, 0.717) is 0 Å². The maximum atomic E-state index is 9.52. The van der Waals surface area contributed by atoms with Gasteiger partial charge in [0, 0.05) is 6.61 Å². The molecular weight excluding hydrogens is 128 g/mol. The molecule has 0 amide bonds. The summed E-state index contributed by atoms with van der Waals surface area (Å²) in [4.78, 5) is 0. The molecule has 0 radical (unpaired) electrons. The molecule has 1 heterocycles. The summed E-state index contributed by atoms with van der Waals surface area (Å²) in [5.74, 6) is 0. The van der Waals surface area contributed by atoms with Gasteiger partial charge in [-0.2, -0.15) is 0 Å². The molecule has 2 nitrogen and oxygen atoms in total. The van der Waals surface area contributed by atoms with Crippen LogP contribution < -0.4 is 0 Å². The van der Waals surface area contributed by atoms with Gasteiger partial charge < -0.3 is 9.84 Å². The van der Waals surface area contributed by atoms with E-state index in [1.165, 1.54) is 6.42 Å². The fourth-order valence-corrected chi connectivity index (χ4v) is 1.30. The van der Waals surface area contributed by atoms with Gasteiger partial charge in [0.2, 0.25) is 0 Å². The van der Waals surface area contributed by atoms with E-state index in [0.717, 1.165) is 19.4 Å². The summed E-state index contributed by atoms with van der Waals surface area (Å²) in [5.41, 5.74) is -0.652. The second-order valence-corrected chi connectivity index (χ2v) is 3.51. The highest BCUT2D eigenvalue weighted by Crippen LogP contribution is 2.22. The van der Waals surface area contributed by atoms with Gasteiger partial charge in [-0.15, -0.1) is 0 Å². The summed E-state index contributed by atoms with van der Waals surface area (Å²) in [5, 5.41) is 9.52. The van der Waals surface area contributed by atoms with Crippen molar-refractivity contribution in [1.82, 2.24) is 0 Å². The average Bonchev–Trinajstić information content (AvgIpc) is 1.88. The van der Waals surface area contributed by atoms with Crippen LogP contribution in [0.25, 0.3) is 0 Å². The SMILES string of the molecule is CC(C)(O)C1CCCCO1. The van der Waals surface area contributed by atoms with Crippen molar-refractivity contribution in [2.45, 2.75) is 44.8 Å². The molecule has 1 saturated heterocycles. The van der Waals surface area contributed by atoms with Crippen molar-refractivity contribution in [2.24, 2.45) is 0 Å². The van der Waals surface area contributed by atoms with Crippen LogP contribution in [0.5, 0.6) is 0 Å². The number of hydrogen-bond donors (Lipinski definition) is 1. The number of hydrogen-bond acceptors (Lipinski definition) is 2. The monoisotopic (exact) mass is 144 g/mol. The van der Waals surface area contributed by atoms with E-state index in [1.54, 1.807) is 0 Å². The molecule has 0 aliphatic carbocycles. The highest BCUT2D eigenvalue weighted by atomic mass is 16.5. The number of rotatable bonds is 1. The summed E-state index contributed by atoms with van der Waals surface area (Å²) in [6.45, 7) is 4.43. The van der Waals surface area contributed by atoms with Crippen molar-refractivity contribution in [2.75, 3.05) is 6.61 Å². The van der Waals surface area contributed by atoms with Crippen molar-refractivity contribution in [3.63, 3.8) is 0 Å². The Morgan fingerprint density at radius 3 is 2.40 bits per heavy atom. The van der Waals surface area contributed by atoms with Gasteiger partial charge in [0.1, 0.15) is 0 Å². The van der Waals surface area contributed by atoms with E-state index in [1.807, 2.05) is 13.8 Å². The molecule has 1 rings (SSSR count). The lowest BCUT2D eigenvalue weighted by atomic mass is 9.95. The lowest BCUT2D eigenvalue weighted by molar-refractivity contribution is -0.107. The largest absolute Gasteiger partial charge is 0.388 e. The van der Waals surface area contributed by atoms with E-state index in [2.05, 4.69) is 0 Å². The first-order valence-corrected chi connectivity index (χ1v) is 3.94. The molecule has 1 aliphatic heterocycles. The van der Waals surface area contributed by atoms with Gasteiger partial charge in [-0.1, -0.05) is 0 Å².